The Hall–Kier alpha value is -3.59. The normalized spacial score (nSPS) is 26.9. The lowest BCUT2D eigenvalue weighted by Gasteiger charge is -2.58. The van der Waals surface area contributed by atoms with E-state index in [9.17, 15) is 4.79 Å². The van der Waals surface area contributed by atoms with Gasteiger partial charge in [-0.05, 0) is 44.2 Å². The average Bonchev–Trinajstić information content (AvgIpc) is 2.70. The lowest BCUT2D eigenvalue weighted by atomic mass is 9.60. The van der Waals surface area contributed by atoms with E-state index >= 15 is 0 Å². The topological polar surface area (TPSA) is 128 Å². The zero-order valence-electron chi connectivity index (χ0n) is 18.9. The molecule has 4 N–H and O–H groups in total. The van der Waals surface area contributed by atoms with Gasteiger partial charge in [0.25, 0.3) is 11.9 Å². The number of benzene rings is 1. The van der Waals surface area contributed by atoms with Crippen molar-refractivity contribution in [3.63, 3.8) is 0 Å². The van der Waals surface area contributed by atoms with Gasteiger partial charge >= 0.3 is 0 Å². The first-order chi connectivity index (χ1) is 15.8. The standard InChI is InChI=1S/C24H28N4O5/c1-23(2)24(13-31-14-24)18(12-32-22(25)26)17-10-15(8-9-20(17)33-23)28-21(29)19-7-5-4-6-16(30-3)11-27-19/h4-11,18H,12-14H2,1-3H3,(H3,25,26)(H,28,29)/b5-4+,6-4?,7-5?,16-6-,16-11?,19-7-,27-11-,27-19?. The number of hydrogen-bond donors (Lipinski definition) is 3. The van der Waals surface area contributed by atoms with Crippen LogP contribution in [0.2, 0.25) is 0 Å². The van der Waals surface area contributed by atoms with E-state index in [0.29, 0.717) is 30.4 Å². The van der Waals surface area contributed by atoms with Crippen molar-refractivity contribution in [2.24, 2.45) is 16.1 Å². The summed E-state index contributed by atoms with van der Waals surface area (Å²) in [5.41, 5.74) is 6.33. The molecule has 3 heterocycles. The van der Waals surface area contributed by atoms with Crippen molar-refractivity contribution in [2.75, 3.05) is 32.2 Å². The van der Waals surface area contributed by atoms with E-state index in [1.807, 2.05) is 26.0 Å². The predicted octanol–water partition coefficient (Wildman–Crippen LogP) is 2.86. The third kappa shape index (κ3) is 4.23. The molecule has 1 fully saturated rings. The average molecular weight is 453 g/mol. The highest BCUT2D eigenvalue weighted by atomic mass is 16.5. The first-order valence-electron chi connectivity index (χ1n) is 10.6. The fourth-order valence-electron chi connectivity index (χ4n) is 4.34. The molecule has 0 radical (unpaired) electrons. The number of fused-ring (bicyclic) bond motifs is 1. The Bertz CT molecular complexity index is 1080. The number of amidine groups is 1. The van der Waals surface area contributed by atoms with Crippen molar-refractivity contribution in [3.8, 4) is 5.75 Å². The smallest absolute Gasteiger partial charge is 0.279 e. The molecule has 0 aromatic heterocycles. The summed E-state index contributed by atoms with van der Waals surface area (Å²) >= 11 is 0. The van der Waals surface area contributed by atoms with E-state index in [1.54, 1.807) is 37.5 Å². The molecule has 1 spiro atoms. The number of carbonyl (C=O) groups excluding carboxylic acids is 1. The van der Waals surface area contributed by atoms with Crippen LogP contribution in [0.5, 0.6) is 5.75 Å². The van der Waals surface area contributed by atoms with Crippen molar-refractivity contribution in [2.45, 2.75) is 25.4 Å². The van der Waals surface area contributed by atoms with Crippen LogP contribution in [-0.4, -0.2) is 50.7 Å². The number of nitrogens with zero attached hydrogens (tertiary/aromatic N) is 1. The van der Waals surface area contributed by atoms with Crippen LogP contribution in [0.1, 0.15) is 25.3 Å². The molecule has 9 heteroatoms. The second kappa shape index (κ2) is 8.74. The van der Waals surface area contributed by atoms with Gasteiger partial charge in [0.2, 0.25) is 0 Å². The minimum Gasteiger partial charge on any atom is -0.495 e. The molecule has 1 saturated heterocycles. The summed E-state index contributed by atoms with van der Waals surface area (Å²) in [5, 5.41) is 10.4. The van der Waals surface area contributed by atoms with Crippen molar-refractivity contribution < 1.29 is 23.7 Å². The fraction of sp³-hybridized carbons (Fsp3) is 0.375. The van der Waals surface area contributed by atoms with Crippen LogP contribution < -0.4 is 15.8 Å². The maximum absolute atomic E-state index is 12.9. The second-order valence-corrected chi connectivity index (χ2v) is 8.66. The molecule has 1 aromatic rings. The molecule has 33 heavy (non-hydrogen) atoms. The van der Waals surface area contributed by atoms with Gasteiger partial charge in [-0.1, -0.05) is 12.2 Å². The highest BCUT2D eigenvalue weighted by molar-refractivity contribution is 6.05. The van der Waals surface area contributed by atoms with Gasteiger partial charge in [0.1, 0.15) is 22.8 Å². The zero-order valence-corrected chi connectivity index (χ0v) is 18.9. The summed E-state index contributed by atoms with van der Waals surface area (Å²) in [6.45, 7) is 5.28. The number of ether oxygens (including phenoxy) is 4. The lowest BCUT2D eigenvalue weighted by molar-refractivity contribution is -0.224. The molecular weight excluding hydrogens is 424 g/mol. The lowest BCUT2D eigenvalue weighted by Crippen LogP contribution is -2.65. The van der Waals surface area contributed by atoms with Crippen LogP contribution in [0.15, 0.2) is 59.0 Å². The van der Waals surface area contributed by atoms with Crippen molar-refractivity contribution in [1.82, 2.24) is 0 Å². The number of amides is 1. The molecule has 3 aliphatic rings. The quantitative estimate of drug-likeness (QED) is 0.466. The SMILES string of the molecule is COC1=C\C=C\C=C(C(=O)Nc2ccc3c(c2)C(COC(=N)N)C2(COC2)C(C)(C)O3)/N=C\1. The number of carbonyl (C=O) groups is 1. The molecule has 1 amide bonds. The number of nitrogens with one attached hydrogen (secondary N) is 2. The van der Waals surface area contributed by atoms with Crippen molar-refractivity contribution in [1.29, 1.82) is 5.41 Å². The van der Waals surface area contributed by atoms with Gasteiger partial charge in [0, 0.05) is 17.2 Å². The van der Waals surface area contributed by atoms with E-state index < -0.39 is 5.60 Å². The molecule has 3 aliphatic heterocycles. The van der Waals surface area contributed by atoms with Crippen LogP contribution in [0.4, 0.5) is 5.69 Å². The molecule has 4 rings (SSSR count). The van der Waals surface area contributed by atoms with Crippen LogP contribution >= 0.6 is 0 Å². The first-order valence-corrected chi connectivity index (χ1v) is 10.6. The largest absolute Gasteiger partial charge is 0.495 e. The van der Waals surface area contributed by atoms with Crippen LogP contribution in [-0.2, 0) is 19.0 Å². The molecule has 0 saturated carbocycles. The fourth-order valence-corrected chi connectivity index (χ4v) is 4.34. The van der Waals surface area contributed by atoms with Crippen LogP contribution in [0.3, 0.4) is 0 Å². The molecule has 1 atom stereocenters. The minimum absolute atomic E-state index is 0.137. The van der Waals surface area contributed by atoms with Gasteiger partial charge in [0.15, 0.2) is 0 Å². The zero-order chi connectivity index (χ0) is 23.6. The number of methoxy groups -OCH3 is 1. The molecule has 174 valence electrons. The molecule has 0 aliphatic carbocycles. The Labute approximate surface area is 192 Å². The summed E-state index contributed by atoms with van der Waals surface area (Å²) in [5.74, 6) is 0.749. The van der Waals surface area contributed by atoms with Crippen molar-refractivity contribution in [3.05, 3.63) is 59.5 Å². The van der Waals surface area contributed by atoms with Gasteiger partial charge in [0.05, 0.1) is 38.6 Å². The minimum atomic E-state index is -0.509. The summed E-state index contributed by atoms with van der Waals surface area (Å²) < 4.78 is 22.5. The Morgan fingerprint density at radius 3 is 2.73 bits per heavy atom. The Kier molecular flexibility index (Phi) is 5.99. The van der Waals surface area contributed by atoms with E-state index in [0.717, 1.165) is 5.56 Å². The Morgan fingerprint density at radius 1 is 1.30 bits per heavy atom. The number of rotatable bonds is 5. The van der Waals surface area contributed by atoms with Gasteiger partial charge in [-0.3, -0.25) is 10.2 Å². The number of aliphatic imine (C=N–C) groups is 1. The monoisotopic (exact) mass is 452 g/mol. The van der Waals surface area contributed by atoms with E-state index in [2.05, 4.69) is 10.3 Å². The summed E-state index contributed by atoms with van der Waals surface area (Å²) in [6.07, 6.45) is 8.37. The van der Waals surface area contributed by atoms with Gasteiger partial charge in [-0.15, -0.1) is 0 Å². The van der Waals surface area contributed by atoms with Gasteiger partial charge in [-0.25, -0.2) is 4.99 Å². The third-order valence-electron chi connectivity index (χ3n) is 6.42. The third-order valence-corrected chi connectivity index (χ3v) is 6.42. The molecule has 0 bridgehead atoms. The summed E-state index contributed by atoms with van der Waals surface area (Å²) in [4.78, 5) is 17.1. The number of hydrogen-bond acceptors (Lipinski definition) is 7. The first kappa shape index (κ1) is 22.6. The van der Waals surface area contributed by atoms with Gasteiger partial charge < -0.3 is 30.0 Å². The molecule has 1 aromatic carbocycles. The summed E-state index contributed by atoms with van der Waals surface area (Å²) in [7, 11) is 1.54. The number of anilines is 1. The van der Waals surface area contributed by atoms with E-state index in [-0.39, 0.29) is 35.6 Å². The van der Waals surface area contributed by atoms with Crippen LogP contribution in [0.25, 0.3) is 0 Å². The highest BCUT2D eigenvalue weighted by Gasteiger charge is 2.61. The highest BCUT2D eigenvalue weighted by Crippen LogP contribution is 2.57. The summed E-state index contributed by atoms with van der Waals surface area (Å²) in [6, 6.07) is 5.16. The maximum atomic E-state index is 12.9. The van der Waals surface area contributed by atoms with E-state index in [4.69, 9.17) is 30.1 Å². The second-order valence-electron chi connectivity index (χ2n) is 8.66. The molecule has 1 unspecified atom stereocenters. The number of allylic oxidation sites excluding steroid dienone is 5. The van der Waals surface area contributed by atoms with Crippen molar-refractivity contribution >= 4 is 23.8 Å². The van der Waals surface area contributed by atoms with Gasteiger partial charge in [-0.2, -0.15) is 0 Å². The molecular formula is C24H28N4O5. The Balaban J connectivity index is 1.62. The number of nitrogens with two attached hydrogens (primary N) is 1. The predicted molar refractivity (Wildman–Crippen MR) is 124 cm³/mol. The van der Waals surface area contributed by atoms with E-state index in [1.165, 1.54) is 6.21 Å². The molecule has 9 nitrogen and oxygen atoms in total. The Morgan fingerprint density at radius 2 is 2.06 bits per heavy atom. The maximum Gasteiger partial charge on any atom is 0.279 e. The van der Waals surface area contributed by atoms with Crippen LogP contribution in [0, 0.1) is 10.8 Å².